The van der Waals surface area contributed by atoms with Crippen LogP contribution in [0.4, 0.5) is 0 Å². The number of aliphatic hydroxyl groups is 4. The van der Waals surface area contributed by atoms with Crippen LogP contribution >= 0.6 is 0 Å². The van der Waals surface area contributed by atoms with Gasteiger partial charge in [-0.2, -0.15) is 0 Å². The van der Waals surface area contributed by atoms with Crippen molar-refractivity contribution in [3.8, 4) is 0 Å². The molecule has 0 heterocycles. The molecule has 53 heavy (non-hydrogen) atoms. The zero-order valence-corrected chi connectivity index (χ0v) is 35.3. The Hall–Kier alpha value is -1.21. The van der Waals surface area contributed by atoms with Crippen molar-refractivity contribution in [1.82, 2.24) is 5.32 Å². The number of aliphatic hydroxyl groups excluding tert-OH is 4. The van der Waals surface area contributed by atoms with Crippen molar-refractivity contribution < 1.29 is 25.2 Å². The van der Waals surface area contributed by atoms with Crippen LogP contribution < -0.4 is 5.32 Å². The van der Waals surface area contributed by atoms with Crippen molar-refractivity contribution in [2.75, 3.05) is 6.61 Å². The predicted molar refractivity (Wildman–Crippen MR) is 228 cm³/mol. The molecule has 0 rings (SSSR count). The van der Waals surface area contributed by atoms with E-state index in [1.165, 1.54) is 167 Å². The van der Waals surface area contributed by atoms with Gasteiger partial charge in [-0.1, -0.05) is 199 Å². The molecule has 4 unspecified atom stereocenters. The maximum absolute atomic E-state index is 12.5. The van der Waals surface area contributed by atoms with Crippen LogP contribution in [0.5, 0.6) is 0 Å². The summed E-state index contributed by atoms with van der Waals surface area (Å²) in [5, 5.41) is 43.7. The minimum absolute atomic E-state index is 0.357. The fourth-order valence-electron chi connectivity index (χ4n) is 7.16. The molecule has 0 aromatic carbocycles. The molecule has 1 amide bonds. The molecule has 0 bridgehead atoms. The van der Waals surface area contributed by atoms with Gasteiger partial charge in [0, 0.05) is 0 Å². The SMILES string of the molecule is CCCCCCCCCCC/C=C\CCCCCCCCC(O)C(=O)NC(CO)C(O)C(O)CCC/C=C/CCCCCCCCCCCCCCC. The van der Waals surface area contributed by atoms with E-state index in [0.29, 0.717) is 12.8 Å². The highest BCUT2D eigenvalue weighted by molar-refractivity contribution is 5.80. The lowest BCUT2D eigenvalue weighted by molar-refractivity contribution is -0.132. The lowest BCUT2D eigenvalue weighted by atomic mass is 10.00. The Kier molecular flexibility index (Phi) is 41.0. The van der Waals surface area contributed by atoms with Gasteiger partial charge in [0.15, 0.2) is 0 Å². The number of amides is 1. The highest BCUT2D eigenvalue weighted by atomic mass is 16.3. The Morgan fingerprint density at radius 2 is 0.774 bits per heavy atom. The lowest BCUT2D eigenvalue weighted by Crippen LogP contribution is -2.53. The van der Waals surface area contributed by atoms with Gasteiger partial charge in [0.2, 0.25) is 5.91 Å². The number of rotatable bonds is 42. The van der Waals surface area contributed by atoms with Crippen LogP contribution in [0.3, 0.4) is 0 Å². The molecule has 0 aliphatic rings. The zero-order chi connectivity index (χ0) is 38.9. The minimum Gasteiger partial charge on any atom is -0.394 e. The van der Waals surface area contributed by atoms with Crippen molar-refractivity contribution in [1.29, 1.82) is 0 Å². The van der Waals surface area contributed by atoms with Gasteiger partial charge in [0.05, 0.1) is 18.8 Å². The van der Waals surface area contributed by atoms with Crippen LogP contribution in [0.1, 0.15) is 239 Å². The monoisotopic (exact) mass is 750 g/mol. The molecule has 0 saturated heterocycles. The van der Waals surface area contributed by atoms with E-state index >= 15 is 0 Å². The van der Waals surface area contributed by atoms with Gasteiger partial charge >= 0.3 is 0 Å². The fraction of sp³-hybridized carbons (Fsp3) is 0.894. The molecule has 314 valence electrons. The highest BCUT2D eigenvalue weighted by Crippen LogP contribution is 2.16. The first-order chi connectivity index (χ1) is 26.0. The van der Waals surface area contributed by atoms with E-state index in [9.17, 15) is 25.2 Å². The highest BCUT2D eigenvalue weighted by Gasteiger charge is 2.28. The van der Waals surface area contributed by atoms with Crippen LogP contribution in [-0.4, -0.2) is 57.3 Å². The smallest absolute Gasteiger partial charge is 0.249 e. The van der Waals surface area contributed by atoms with Gasteiger partial charge in [-0.3, -0.25) is 4.79 Å². The second kappa shape index (κ2) is 41.9. The average Bonchev–Trinajstić information content (AvgIpc) is 3.16. The number of allylic oxidation sites excluding steroid dienone is 4. The average molecular weight is 750 g/mol. The molecule has 0 saturated carbocycles. The van der Waals surface area contributed by atoms with Gasteiger partial charge in [0.1, 0.15) is 12.2 Å². The quantitative estimate of drug-likeness (QED) is 0.0315. The molecule has 0 aromatic rings. The second-order valence-corrected chi connectivity index (χ2v) is 16.1. The molecule has 4 atom stereocenters. The van der Waals surface area contributed by atoms with E-state index < -0.39 is 36.9 Å². The molecule has 6 nitrogen and oxygen atoms in total. The molecule has 0 aliphatic heterocycles. The molecule has 0 fully saturated rings. The summed E-state index contributed by atoms with van der Waals surface area (Å²) in [4.78, 5) is 12.5. The normalized spacial score (nSPS) is 14.3. The summed E-state index contributed by atoms with van der Waals surface area (Å²) in [6, 6.07) is -1.00. The van der Waals surface area contributed by atoms with Crippen LogP contribution in [0.2, 0.25) is 0 Å². The minimum atomic E-state index is -1.28. The summed E-state index contributed by atoms with van der Waals surface area (Å²) >= 11 is 0. The van der Waals surface area contributed by atoms with E-state index in [1.54, 1.807) is 0 Å². The van der Waals surface area contributed by atoms with Crippen LogP contribution in [-0.2, 0) is 4.79 Å². The van der Waals surface area contributed by atoms with E-state index in [-0.39, 0.29) is 0 Å². The van der Waals surface area contributed by atoms with Crippen molar-refractivity contribution in [2.45, 2.75) is 263 Å². The Balaban J connectivity index is 3.76. The third-order valence-electron chi connectivity index (χ3n) is 10.9. The van der Waals surface area contributed by atoms with Gasteiger partial charge in [-0.05, 0) is 64.2 Å². The topological polar surface area (TPSA) is 110 Å². The molecule has 0 aliphatic carbocycles. The van der Waals surface area contributed by atoms with Crippen molar-refractivity contribution >= 4 is 5.91 Å². The fourth-order valence-corrected chi connectivity index (χ4v) is 7.16. The number of unbranched alkanes of at least 4 members (excludes halogenated alkanes) is 29. The van der Waals surface area contributed by atoms with E-state index in [1.807, 2.05) is 0 Å². The first-order valence-corrected chi connectivity index (χ1v) is 23.2. The number of hydrogen-bond donors (Lipinski definition) is 5. The van der Waals surface area contributed by atoms with E-state index in [2.05, 4.69) is 43.5 Å². The maximum atomic E-state index is 12.5. The van der Waals surface area contributed by atoms with Crippen LogP contribution in [0, 0.1) is 0 Å². The van der Waals surface area contributed by atoms with E-state index in [0.717, 1.165) is 44.9 Å². The molecular weight excluding hydrogens is 659 g/mol. The van der Waals surface area contributed by atoms with E-state index in [4.69, 9.17) is 0 Å². The summed E-state index contributed by atoms with van der Waals surface area (Å²) in [5.41, 5.74) is 0. The van der Waals surface area contributed by atoms with Gasteiger partial charge < -0.3 is 25.7 Å². The summed E-state index contributed by atoms with van der Waals surface area (Å²) in [6.45, 7) is 4.05. The van der Waals surface area contributed by atoms with Gasteiger partial charge in [-0.25, -0.2) is 0 Å². The maximum Gasteiger partial charge on any atom is 0.249 e. The molecule has 0 aromatic heterocycles. The predicted octanol–water partition coefficient (Wildman–Crippen LogP) is 12.4. The van der Waals surface area contributed by atoms with Crippen molar-refractivity contribution in [2.24, 2.45) is 0 Å². The summed E-state index contributed by atoms with van der Waals surface area (Å²) in [7, 11) is 0. The number of carbonyl (C=O) groups is 1. The number of nitrogens with one attached hydrogen (secondary N) is 1. The Bertz CT molecular complexity index is 802. The first-order valence-electron chi connectivity index (χ1n) is 23.2. The lowest BCUT2D eigenvalue weighted by Gasteiger charge is -2.27. The van der Waals surface area contributed by atoms with Crippen LogP contribution in [0.25, 0.3) is 0 Å². The second-order valence-electron chi connectivity index (χ2n) is 16.1. The molecular formula is C47H91NO5. The van der Waals surface area contributed by atoms with Gasteiger partial charge in [-0.15, -0.1) is 0 Å². The Labute approximate surface area is 329 Å². The zero-order valence-electron chi connectivity index (χ0n) is 35.3. The standard InChI is InChI=1S/C47H91NO5/c1-3-5-7-9-11-13-15-17-19-21-23-25-27-29-31-33-35-37-39-41-45(51)47(53)48-43(42-49)46(52)44(50)40-38-36-34-32-30-28-26-24-22-20-18-16-14-12-10-8-6-4-2/h23,25,32,34,43-46,49-52H,3-22,24,26-31,33,35-42H2,1-2H3,(H,48,53)/b25-23-,34-32+. The van der Waals surface area contributed by atoms with Gasteiger partial charge in [0.25, 0.3) is 0 Å². The van der Waals surface area contributed by atoms with Crippen LogP contribution in [0.15, 0.2) is 24.3 Å². The largest absolute Gasteiger partial charge is 0.394 e. The van der Waals surface area contributed by atoms with Crippen molar-refractivity contribution in [3.63, 3.8) is 0 Å². The molecule has 5 N–H and O–H groups in total. The van der Waals surface area contributed by atoms with Crippen molar-refractivity contribution in [3.05, 3.63) is 24.3 Å². The first kappa shape index (κ1) is 51.8. The number of hydrogen-bond acceptors (Lipinski definition) is 5. The Morgan fingerprint density at radius 1 is 0.453 bits per heavy atom. The molecule has 6 heteroatoms. The molecule has 0 radical (unpaired) electrons. The summed E-state index contributed by atoms with van der Waals surface area (Å²) in [5.74, 6) is -0.597. The third kappa shape index (κ3) is 36.2. The summed E-state index contributed by atoms with van der Waals surface area (Å²) in [6.07, 6.45) is 47.8. The third-order valence-corrected chi connectivity index (χ3v) is 10.9. The summed E-state index contributed by atoms with van der Waals surface area (Å²) < 4.78 is 0. The molecule has 0 spiro atoms. The number of carbonyl (C=O) groups excluding carboxylic acids is 1. The Morgan fingerprint density at radius 3 is 1.13 bits per heavy atom.